The lowest BCUT2D eigenvalue weighted by molar-refractivity contribution is 0.140. The van der Waals surface area contributed by atoms with Crippen LogP contribution in [0.3, 0.4) is 0 Å². The summed E-state index contributed by atoms with van der Waals surface area (Å²) < 4.78 is 16.0. The van der Waals surface area contributed by atoms with E-state index in [4.69, 9.17) is 14.2 Å². The molecule has 54 heavy (non-hydrogen) atoms. The summed E-state index contributed by atoms with van der Waals surface area (Å²) in [6.45, 7) is 23.1. The molecule has 3 atom stereocenters. The van der Waals surface area contributed by atoms with E-state index < -0.39 is 0 Å². The number of likely N-dealkylation sites (N-methyl/N-ethyl adjacent to an activating group) is 3. The Labute approximate surface area is 333 Å². The SMILES string of the molecule is CCc1c(C)sc(N2C[C@H](CNC)OC2=O)c1C.CCc1sc(C)c(N2C[C@H](CNC)OC2=O)c1C.CCc1sc(N2C[C@H](CNC)OC2=O)c(C)c1C. The summed E-state index contributed by atoms with van der Waals surface area (Å²) in [7, 11) is 5.60. The van der Waals surface area contributed by atoms with Gasteiger partial charge in [-0.25, -0.2) is 14.4 Å². The Morgan fingerprint density at radius 2 is 0.963 bits per heavy atom. The predicted molar refractivity (Wildman–Crippen MR) is 224 cm³/mol. The Kier molecular flexibility index (Phi) is 15.8. The van der Waals surface area contributed by atoms with Crippen LogP contribution in [0.1, 0.15) is 68.1 Å². The van der Waals surface area contributed by atoms with Crippen LogP contribution in [-0.2, 0) is 33.5 Å². The van der Waals surface area contributed by atoms with Crippen molar-refractivity contribution in [1.82, 2.24) is 16.0 Å². The molecular formula is C39H60N6O6S3. The van der Waals surface area contributed by atoms with Crippen LogP contribution < -0.4 is 30.7 Å². The molecule has 6 heterocycles. The second-order valence-corrected chi connectivity index (χ2v) is 17.4. The molecule has 0 aliphatic carbocycles. The minimum atomic E-state index is -0.220. The molecule has 3 aliphatic heterocycles. The molecule has 0 unspecified atom stereocenters. The van der Waals surface area contributed by atoms with E-state index >= 15 is 0 Å². The standard InChI is InChI=1S/3C13H20N2O2S/c1-5-11-8(2)12(9(3)18-11)15-7-10(6-14-4)17-13(15)16;1-5-11-8(2)12(18-9(11)3)15-7-10(6-14-4)17-13(15)16;1-5-11-8(2)9(3)12(18-11)15-7-10(6-14-4)17-13(15)16/h3*10,14H,5-7H2,1-4H3/t3*10-/m000/s1. The van der Waals surface area contributed by atoms with Crippen LogP contribution in [0.25, 0.3) is 0 Å². The lowest BCUT2D eigenvalue weighted by atomic mass is 10.1. The number of thiophene rings is 3. The first kappa shape index (κ1) is 43.5. The summed E-state index contributed by atoms with van der Waals surface area (Å²) in [6, 6.07) is 0. The van der Waals surface area contributed by atoms with Gasteiger partial charge in [0.2, 0.25) is 0 Å². The average molecular weight is 805 g/mol. The third kappa shape index (κ3) is 9.59. The van der Waals surface area contributed by atoms with Gasteiger partial charge in [0.05, 0.1) is 25.3 Å². The van der Waals surface area contributed by atoms with Crippen LogP contribution >= 0.6 is 34.0 Å². The van der Waals surface area contributed by atoms with Crippen LogP contribution in [0.2, 0.25) is 0 Å². The number of nitrogens with zero attached hydrogens (tertiary/aromatic N) is 3. The third-order valence-corrected chi connectivity index (χ3v) is 14.2. The van der Waals surface area contributed by atoms with Crippen LogP contribution in [0.15, 0.2) is 0 Å². The topological polar surface area (TPSA) is 125 Å². The van der Waals surface area contributed by atoms with Gasteiger partial charge in [-0.05, 0) is 110 Å². The third-order valence-electron chi connectivity index (χ3n) is 10.0. The molecule has 0 spiro atoms. The molecule has 12 nitrogen and oxygen atoms in total. The van der Waals surface area contributed by atoms with Gasteiger partial charge in [0.25, 0.3) is 0 Å². The summed E-state index contributed by atoms with van der Waals surface area (Å²) in [6.07, 6.45) is 2.23. The van der Waals surface area contributed by atoms with Crippen molar-refractivity contribution in [2.24, 2.45) is 0 Å². The second kappa shape index (κ2) is 19.6. The fourth-order valence-corrected chi connectivity index (χ4v) is 10.8. The number of carbonyl (C=O) groups is 3. The van der Waals surface area contributed by atoms with Gasteiger partial charge in [-0.3, -0.25) is 14.7 Å². The van der Waals surface area contributed by atoms with E-state index in [2.05, 4.69) is 78.3 Å². The highest BCUT2D eigenvalue weighted by atomic mass is 32.1. The van der Waals surface area contributed by atoms with E-state index in [1.807, 2.05) is 21.1 Å². The van der Waals surface area contributed by atoms with Crippen molar-refractivity contribution in [1.29, 1.82) is 0 Å². The van der Waals surface area contributed by atoms with Gasteiger partial charge in [-0.2, -0.15) is 0 Å². The molecule has 3 amide bonds. The van der Waals surface area contributed by atoms with Gasteiger partial charge in [-0.1, -0.05) is 20.8 Å². The molecule has 3 N–H and O–H groups in total. The van der Waals surface area contributed by atoms with Crippen molar-refractivity contribution in [2.45, 2.75) is 99.9 Å². The second-order valence-electron chi connectivity index (χ2n) is 13.8. The monoisotopic (exact) mass is 804 g/mol. The molecule has 15 heteroatoms. The zero-order valence-corrected chi connectivity index (χ0v) is 36.6. The number of cyclic esters (lactones) is 3. The zero-order chi connectivity index (χ0) is 39.9. The van der Waals surface area contributed by atoms with Gasteiger partial charge in [0.15, 0.2) is 0 Å². The van der Waals surface area contributed by atoms with Crippen molar-refractivity contribution in [3.63, 3.8) is 0 Å². The van der Waals surface area contributed by atoms with Crippen molar-refractivity contribution in [3.05, 3.63) is 47.3 Å². The minimum absolute atomic E-state index is 0.0469. The molecule has 3 aliphatic rings. The molecular weight excluding hydrogens is 745 g/mol. The van der Waals surface area contributed by atoms with E-state index in [9.17, 15) is 14.4 Å². The summed E-state index contributed by atoms with van der Waals surface area (Å²) in [5.41, 5.74) is 7.38. The largest absolute Gasteiger partial charge is 0.443 e. The van der Waals surface area contributed by atoms with Gasteiger partial charge in [0, 0.05) is 39.1 Å². The highest BCUT2D eigenvalue weighted by molar-refractivity contribution is 7.17. The Bertz CT molecular complexity index is 1730. The Morgan fingerprint density at radius 3 is 1.35 bits per heavy atom. The van der Waals surface area contributed by atoms with Gasteiger partial charge in [-0.15, -0.1) is 34.0 Å². The highest BCUT2D eigenvalue weighted by Gasteiger charge is 2.36. The Balaban J connectivity index is 0.000000180. The van der Waals surface area contributed by atoms with E-state index in [-0.39, 0.29) is 36.6 Å². The Morgan fingerprint density at radius 1 is 0.537 bits per heavy atom. The fraction of sp³-hybridized carbons (Fsp3) is 0.615. The maximum atomic E-state index is 11.9. The number of rotatable bonds is 12. The average Bonchev–Trinajstić information content (AvgIpc) is 3.96. The number of aryl methyl sites for hydroxylation is 4. The number of ether oxygens (including phenoxy) is 3. The number of amides is 3. The smallest absolute Gasteiger partial charge is 0.415 e. The maximum Gasteiger partial charge on any atom is 0.415 e. The first-order valence-electron chi connectivity index (χ1n) is 18.9. The molecule has 0 saturated carbocycles. The minimum Gasteiger partial charge on any atom is -0.443 e. The van der Waals surface area contributed by atoms with Crippen LogP contribution in [0.5, 0.6) is 0 Å². The normalized spacial score (nSPS) is 19.4. The zero-order valence-electron chi connectivity index (χ0n) is 34.1. The van der Waals surface area contributed by atoms with E-state index in [1.54, 1.807) is 48.7 Å². The first-order chi connectivity index (χ1) is 25.7. The maximum absolute atomic E-state index is 11.9. The quantitative estimate of drug-likeness (QED) is 0.161. The van der Waals surface area contributed by atoms with E-state index in [1.165, 1.54) is 47.3 Å². The summed E-state index contributed by atoms with van der Waals surface area (Å²) in [5, 5.41) is 11.2. The Hall–Kier alpha value is -3.21. The number of anilines is 3. The van der Waals surface area contributed by atoms with Crippen LogP contribution in [0, 0.1) is 41.5 Å². The van der Waals surface area contributed by atoms with Crippen LogP contribution in [-0.4, -0.2) is 97.0 Å². The molecule has 0 aromatic carbocycles. The van der Waals surface area contributed by atoms with Gasteiger partial charge < -0.3 is 30.2 Å². The van der Waals surface area contributed by atoms with Crippen LogP contribution in [0.4, 0.5) is 30.1 Å². The number of hydrogen-bond acceptors (Lipinski definition) is 12. The van der Waals surface area contributed by atoms with Gasteiger partial charge >= 0.3 is 18.3 Å². The molecule has 0 radical (unpaired) electrons. The number of hydrogen-bond donors (Lipinski definition) is 3. The summed E-state index contributed by atoms with van der Waals surface area (Å²) in [5.74, 6) is 0. The predicted octanol–water partition coefficient (Wildman–Crippen LogP) is 7.42. The van der Waals surface area contributed by atoms with Crippen molar-refractivity contribution in [3.8, 4) is 0 Å². The van der Waals surface area contributed by atoms with E-state index in [0.29, 0.717) is 39.3 Å². The first-order valence-corrected chi connectivity index (χ1v) is 21.3. The molecule has 3 aromatic rings. The highest BCUT2D eigenvalue weighted by Crippen LogP contribution is 2.39. The molecule has 300 valence electrons. The number of carbonyl (C=O) groups excluding carboxylic acids is 3. The molecule has 3 aromatic heterocycles. The lowest BCUT2D eigenvalue weighted by Crippen LogP contribution is -2.29. The van der Waals surface area contributed by atoms with E-state index in [0.717, 1.165) is 35.0 Å². The molecule has 3 fully saturated rings. The van der Waals surface area contributed by atoms with Crippen molar-refractivity contribution < 1.29 is 28.6 Å². The molecule has 6 rings (SSSR count). The lowest BCUT2D eigenvalue weighted by Gasteiger charge is -2.14. The number of nitrogens with one attached hydrogen (secondary N) is 3. The van der Waals surface area contributed by atoms with Crippen molar-refractivity contribution in [2.75, 3.05) is 75.1 Å². The summed E-state index contributed by atoms with van der Waals surface area (Å²) >= 11 is 5.18. The molecule has 3 saturated heterocycles. The summed E-state index contributed by atoms with van der Waals surface area (Å²) in [4.78, 5) is 46.3. The fourth-order valence-electron chi connectivity index (χ4n) is 7.20. The van der Waals surface area contributed by atoms with Crippen molar-refractivity contribution >= 4 is 68.0 Å². The molecule has 0 bridgehead atoms. The van der Waals surface area contributed by atoms with Gasteiger partial charge in [0.1, 0.15) is 28.3 Å².